The van der Waals surface area contributed by atoms with Crippen LogP contribution in [0.1, 0.15) is 23.1 Å². The molecular weight excluding hydrogens is 393 g/mol. The number of benzene rings is 2. The molecule has 2 aromatic rings. The lowest BCUT2D eigenvalue weighted by atomic mass is 9.99. The molecule has 0 saturated carbocycles. The molecule has 7 heteroatoms. The molecule has 1 amide bonds. The molecule has 0 radical (unpaired) electrons. The Morgan fingerprint density at radius 1 is 1.00 bits per heavy atom. The second-order valence-corrected chi connectivity index (χ2v) is 7.62. The van der Waals surface area contributed by atoms with Gasteiger partial charge in [-0.15, -0.1) is 0 Å². The van der Waals surface area contributed by atoms with Gasteiger partial charge in [0, 0.05) is 25.7 Å². The van der Waals surface area contributed by atoms with Crippen LogP contribution in [0.25, 0.3) is 0 Å². The van der Waals surface area contributed by atoms with Gasteiger partial charge < -0.3 is 9.64 Å². The Kier molecular flexibility index (Phi) is 5.81. The summed E-state index contributed by atoms with van der Waals surface area (Å²) in [5.41, 5.74) is 1.44. The van der Waals surface area contributed by atoms with Gasteiger partial charge in [-0.05, 0) is 73.5 Å². The maximum atomic E-state index is 12.7. The molecule has 2 aliphatic heterocycles. The first-order valence-corrected chi connectivity index (χ1v) is 10.0. The highest BCUT2D eigenvalue weighted by molar-refractivity contribution is 5.87. The van der Waals surface area contributed by atoms with Gasteiger partial charge in [0.1, 0.15) is 11.5 Å². The van der Waals surface area contributed by atoms with E-state index in [9.17, 15) is 18.0 Å². The summed E-state index contributed by atoms with van der Waals surface area (Å²) in [7, 11) is 0. The number of nitrogens with zero attached hydrogens (tertiary/aromatic N) is 2. The summed E-state index contributed by atoms with van der Waals surface area (Å²) < 4.78 is 43.8. The van der Waals surface area contributed by atoms with Crippen molar-refractivity contribution in [3.8, 4) is 11.5 Å². The fraction of sp³-hybridized carbons (Fsp3) is 0.348. The van der Waals surface area contributed by atoms with Crippen LogP contribution in [-0.2, 0) is 23.9 Å². The molecule has 0 aromatic heterocycles. The number of alkyl halides is 3. The van der Waals surface area contributed by atoms with E-state index >= 15 is 0 Å². The van der Waals surface area contributed by atoms with Crippen molar-refractivity contribution in [2.24, 2.45) is 0 Å². The summed E-state index contributed by atoms with van der Waals surface area (Å²) in [6, 6.07) is 10.2. The van der Waals surface area contributed by atoms with Crippen LogP contribution in [-0.4, -0.2) is 41.9 Å². The predicted octanol–water partition coefficient (Wildman–Crippen LogP) is 4.64. The van der Waals surface area contributed by atoms with Crippen LogP contribution in [0.3, 0.4) is 0 Å². The van der Waals surface area contributed by atoms with Crippen LogP contribution >= 0.6 is 0 Å². The highest BCUT2D eigenvalue weighted by Crippen LogP contribution is 2.32. The number of ether oxygens (including phenoxy) is 1. The standard InChI is InChI=1S/C23H23F3N2O2/c24-23(25,26)19-5-8-20(9-6-19)30-21-7-4-17-10-14-28(16-18(17)15-21)22(29)3-1-11-27-12-2-13-27/h1,3-9,15H,2,10-14,16H2/b3-1+. The quantitative estimate of drug-likeness (QED) is 0.666. The first-order valence-electron chi connectivity index (χ1n) is 10.0. The van der Waals surface area contributed by atoms with Crippen LogP contribution in [0, 0.1) is 0 Å². The van der Waals surface area contributed by atoms with E-state index in [-0.39, 0.29) is 5.91 Å². The molecule has 4 rings (SSSR count). The van der Waals surface area contributed by atoms with Gasteiger partial charge in [0.2, 0.25) is 5.91 Å². The number of amides is 1. The van der Waals surface area contributed by atoms with Crippen LogP contribution in [0.15, 0.2) is 54.6 Å². The zero-order valence-corrected chi connectivity index (χ0v) is 16.5. The van der Waals surface area contributed by atoms with Crippen LogP contribution in [0.4, 0.5) is 13.2 Å². The first kappa shape index (κ1) is 20.5. The fourth-order valence-corrected chi connectivity index (χ4v) is 3.61. The van der Waals surface area contributed by atoms with E-state index in [4.69, 9.17) is 4.74 Å². The second-order valence-electron chi connectivity index (χ2n) is 7.62. The smallest absolute Gasteiger partial charge is 0.416 e. The van der Waals surface area contributed by atoms with Crippen molar-refractivity contribution >= 4 is 5.91 Å². The molecule has 2 aromatic carbocycles. The molecular formula is C23H23F3N2O2. The van der Waals surface area contributed by atoms with Crippen LogP contribution in [0.2, 0.25) is 0 Å². The van der Waals surface area contributed by atoms with Gasteiger partial charge in [0.15, 0.2) is 0 Å². The van der Waals surface area contributed by atoms with E-state index in [0.717, 1.165) is 49.3 Å². The van der Waals surface area contributed by atoms with Gasteiger partial charge in [-0.1, -0.05) is 12.1 Å². The molecule has 0 N–H and O–H groups in total. The molecule has 0 unspecified atom stereocenters. The van der Waals surface area contributed by atoms with Crippen molar-refractivity contribution in [3.05, 3.63) is 71.3 Å². The summed E-state index contributed by atoms with van der Waals surface area (Å²) in [6.45, 7) is 4.15. The van der Waals surface area contributed by atoms with E-state index < -0.39 is 11.7 Å². The van der Waals surface area contributed by atoms with Gasteiger partial charge in [-0.2, -0.15) is 13.2 Å². The average molecular weight is 416 g/mol. The minimum absolute atomic E-state index is 0.00441. The normalized spacial score (nSPS) is 17.0. The number of carbonyl (C=O) groups is 1. The molecule has 4 nitrogen and oxygen atoms in total. The first-order chi connectivity index (χ1) is 14.4. The minimum Gasteiger partial charge on any atom is -0.457 e. The Bertz CT molecular complexity index is 934. The number of rotatable bonds is 5. The summed E-state index contributed by atoms with van der Waals surface area (Å²) in [5, 5.41) is 0. The number of hydrogen-bond donors (Lipinski definition) is 0. The average Bonchev–Trinajstić information content (AvgIpc) is 2.69. The SMILES string of the molecule is O=C(/C=C/CN1CCC1)N1CCc2ccc(Oc3ccc(C(F)(F)F)cc3)cc2C1. The van der Waals surface area contributed by atoms with Crippen LogP contribution in [0.5, 0.6) is 11.5 Å². The Labute approximate surface area is 173 Å². The van der Waals surface area contributed by atoms with Crippen molar-refractivity contribution < 1.29 is 22.7 Å². The van der Waals surface area contributed by atoms with E-state index in [0.29, 0.717) is 24.6 Å². The van der Waals surface area contributed by atoms with Gasteiger partial charge in [-0.25, -0.2) is 0 Å². The Morgan fingerprint density at radius 3 is 2.40 bits per heavy atom. The molecule has 0 spiro atoms. The zero-order chi connectivity index (χ0) is 21.1. The third kappa shape index (κ3) is 4.84. The maximum absolute atomic E-state index is 12.7. The maximum Gasteiger partial charge on any atom is 0.416 e. The Morgan fingerprint density at radius 2 is 1.73 bits per heavy atom. The van der Waals surface area contributed by atoms with Crippen LogP contribution < -0.4 is 4.74 Å². The van der Waals surface area contributed by atoms with E-state index in [1.165, 1.54) is 18.6 Å². The minimum atomic E-state index is -4.37. The predicted molar refractivity (Wildman–Crippen MR) is 107 cm³/mol. The van der Waals surface area contributed by atoms with E-state index in [2.05, 4.69) is 4.90 Å². The number of likely N-dealkylation sites (tertiary alicyclic amines) is 1. The summed E-state index contributed by atoms with van der Waals surface area (Å²) in [5.74, 6) is 0.868. The Balaban J connectivity index is 1.39. The topological polar surface area (TPSA) is 32.8 Å². The number of fused-ring (bicyclic) bond motifs is 1. The third-order valence-corrected chi connectivity index (χ3v) is 5.49. The summed E-state index contributed by atoms with van der Waals surface area (Å²) in [6.07, 6.45) is 1.18. The second kappa shape index (κ2) is 8.52. The molecule has 30 heavy (non-hydrogen) atoms. The van der Waals surface area contributed by atoms with Gasteiger partial charge in [-0.3, -0.25) is 9.69 Å². The molecule has 1 fully saturated rings. The zero-order valence-electron chi connectivity index (χ0n) is 16.5. The molecule has 2 heterocycles. The number of carbonyl (C=O) groups excluding carboxylic acids is 1. The molecule has 158 valence electrons. The Hall–Kier alpha value is -2.80. The van der Waals surface area contributed by atoms with Crippen molar-refractivity contribution in [2.75, 3.05) is 26.2 Å². The van der Waals surface area contributed by atoms with Crippen molar-refractivity contribution in [3.63, 3.8) is 0 Å². The molecule has 0 bridgehead atoms. The van der Waals surface area contributed by atoms with Crippen molar-refractivity contribution in [1.29, 1.82) is 0 Å². The highest BCUT2D eigenvalue weighted by Gasteiger charge is 2.30. The lowest BCUT2D eigenvalue weighted by Gasteiger charge is -2.30. The lowest BCUT2D eigenvalue weighted by molar-refractivity contribution is -0.137. The van der Waals surface area contributed by atoms with Crippen molar-refractivity contribution in [2.45, 2.75) is 25.6 Å². The molecule has 0 aliphatic carbocycles. The highest BCUT2D eigenvalue weighted by atomic mass is 19.4. The lowest BCUT2D eigenvalue weighted by Crippen LogP contribution is -2.37. The van der Waals surface area contributed by atoms with Crippen molar-refractivity contribution in [1.82, 2.24) is 9.80 Å². The molecule has 0 atom stereocenters. The van der Waals surface area contributed by atoms with Gasteiger partial charge in [0.05, 0.1) is 5.56 Å². The summed E-state index contributed by atoms with van der Waals surface area (Å²) in [4.78, 5) is 16.6. The monoisotopic (exact) mass is 416 g/mol. The van der Waals surface area contributed by atoms with Gasteiger partial charge in [0.25, 0.3) is 0 Å². The molecule has 2 aliphatic rings. The molecule has 1 saturated heterocycles. The third-order valence-electron chi connectivity index (χ3n) is 5.49. The van der Waals surface area contributed by atoms with E-state index in [1.54, 1.807) is 17.0 Å². The fourth-order valence-electron chi connectivity index (χ4n) is 3.61. The summed E-state index contributed by atoms with van der Waals surface area (Å²) >= 11 is 0. The number of hydrogen-bond acceptors (Lipinski definition) is 3. The largest absolute Gasteiger partial charge is 0.457 e. The van der Waals surface area contributed by atoms with E-state index in [1.807, 2.05) is 18.2 Å². The van der Waals surface area contributed by atoms with Gasteiger partial charge >= 0.3 is 6.18 Å². The number of halogens is 3.